The summed E-state index contributed by atoms with van der Waals surface area (Å²) in [6.45, 7) is 4.58. The highest BCUT2D eigenvalue weighted by Gasteiger charge is 2.35. The second-order valence-electron chi connectivity index (χ2n) is 9.02. The predicted octanol–water partition coefficient (Wildman–Crippen LogP) is 8.43. The van der Waals surface area contributed by atoms with E-state index in [2.05, 4.69) is 72.7 Å². The molecule has 0 saturated carbocycles. The van der Waals surface area contributed by atoms with Crippen molar-refractivity contribution in [2.45, 2.75) is 38.5 Å². The Morgan fingerprint density at radius 1 is 0.906 bits per heavy atom. The van der Waals surface area contributed by atoms with Crippen molar-refractivity contribution in [2.24, 2.45) is 4.99 Å². The third-order valence-electron chi connectivity index (χ3n) is 6.53. The molecule has 0 aromatic heterocycles. The number of hydrogen-bond acceptors (Lipinski definition) is 2. The van der Waals surface area contributed by atoms with Crippen LogP contribution in [0.2, 0.25) is 0 Å². The predicted molar refractivity (Wildman–Crippen MR) is 138 cm³/mol. The second kappa shape index (κ2) is 8.44. The molecule has 0 unspecified atom stereocenters. The number of anilines is 1. The lowest BCUT2D eigenvalue weighted by molar-refractivity contribution is 0.659. The van der Waals surface area contributed by atoms with Crippen molar-refractivity contribution in [2.75, 3.05) is 5.32 Å². The lowest BCUT2D eigenvalue weighted by Gasteiger charge is -2.22. The zero-order valence-electron chi connectivity index (χ0n) is 18.5. The molecule has 3 heteroatoms. The Bertz CT molecular complexity index is 1290. The molecular weight excluding hydrogens is 412 g/mol. The summed E-state index contributed by atoms with van der Waals surface area (Å²) in [6.07, 6.45) is 9.37. The van der Waals surface area contributed by atoms with E-state index in [1.165, 1.54) is 33.3 Å². The van der Waals surface area contributed by atoms with E-state index in [0.717, 1.165) is 35.6 Å². The van der Waals surface area contributed by atoms with Crippen LogP contribution in [0.15, 0.2) is 106 Å². The van der Waals surface area contributed by atoms with Crippen LogP contribution in [0.5, 0.6) is 0 Å². The van der Waals surface area contributed by atoms with Gasteiger partial charge in [0.25, 0.3) is 0 Å². The smallest absolute Gasteiger partial charge is 0.0629 e. The van der Waals surface area contributed by atoms with Crippen LogP contribution in [0.25, 0.3) is 10.8 Å². The number of para-hydroxylation sites is 1. The molecule has 0 spiro atoms. The Morgan fingerprint density at radius 3 is 2.53 bits per heavy atom. The van der Waals surface area contributed by atoms with Crippen molar-refractivity contribution in [3.8, 4) is 0 Å². The molecule has 32 heavy (non-hydrogen) atoms. The van der Waals surface area contributed by atoms with Gasteiger partial charge >= 0.3 is 0 Å². The Labute approximate surface area is 195 Å². The van der Waals surface area contributed by atoms with E-state index in [4.69, 9.17) is 11.6 Å². The van der Waals surface area contributed by atoms with E-state index in [-0.39, 0.29) is 5.41 Å². The molecule has 0 atom stereocenters. The first-order chi connectivity index (χ1) is 15.5. The SMILES string of the molecule is CC1(C)C(=CC=C2CCCC(C=Nc3ccccc3)=C2Cl)Nc2ccc3ccccc3c21. The van der Waals surface area contributed by atoms with Crippen LogP contribution in [-0.4, -0.2) is 6.21 Å². The number of hydrogen-bond donors (Lipinski definition) is 1. The quantitative estimate of drug-likeness (QED) is 0.407. The summed E-state index contributed by atoms with van der Waals surface area (Å²) >= 11 is 6.81. The fourth-order valence-electron chi connectivity index (χ4n) is 4.76. The van der Waals surface area contributed by atoms with Gasteiger partial charge in [-0.05, 0) is 71.0 Å². The summed E-state index contributed by atoms with van der Waals surface area (Å²) in [7, 11) is 0. The average molecular weight is 439 g/mol. The van der Waals surface area contributed by atoms with Crippen molar-refractivity contribution in [1.29, 1.82) is 0 Å². The van der Waals surface area contributed by atoms with Crippen molar-refractivity contribution >= 4 is 40.0 Å². The lowest BCUT2D eigenvalue weighted by atomic mass is 9.81. The van der Waals surface area contributed by atoms with E-state index in [1.807, 2.05) is 36.5 Å². The maximum atomic E-state index is 6.81. The number of benzene rings is 3. The minimum atomic E-state index is -0.101. The van der Waals surface area contributed by atoms with Crippen LogP contribution in [0, 0.1) is 0 Å². The molecule has 2 aliphatic rings. The molecule has 0 fully saturated rings. The number of halogens is 1. The number of nitrogens with zero attached hydrogens (tertiary/aromatic N) is 1. The first-order valence-electron chi connectivity index (χ1n) is 11.2. The molecule has 1 aliphatic heterocycles. The molecule has 1 heterocycles. The zero-order valence-corrected chi connectivity index (χ0v) is 19.3. The number of aliphatic imine (C=N–C) groups is 1. The first kappa shape index (κ1) is 20.8. The third-order valence-corrected chi connectivity index (χ3v) is 7.02. The molecule has 3 aromatic rings. The molecule has 160 valence electrons. The van der Waals surface area contributed by atoms with Gasteiger partial charge in [0.2, 0.25) is 0 Å². The first-order valence-corrected chi connectivity index (χ1v) is 11.6. The molecule has 1 N–H and O–H groups in total. The van der Waals surface area contributed by atoms with Crippen LogP contribution in [0.3, 0.4) is 0 Å². The van der Waals surface area contributed by atoms with Crippen molar-refractivity contribution in [3.05, 3.63) is 106 Å². The number of nitrogens with one attached hydrogen (secondary N) is 1. The maximum Gasteiger partial charge on any atom is 0.0629 e. The molecule has 0 radical (unpaired) electrons. The van der Waals surface area contributed by atoms with E-state index in [9.17, 15) is 0 Å². The van der Waals surface area contributed by atoms with Gasteiger partial charge in [0, 0.05) is 28.0 Å². The summed E-state index contributed by atoms with van der Waals surface area (Å²) in [5, 5.41) is 7.09. The fraction of sp³-hybridized carbons (Fsp3) is 0.207. The van der Waals surface area contributed by atoms with Gasteiger partial charge in [-0.1, -0.05) is 80.1 Å². The van der Waals surface area contributed by atoms with Gasteiger partial charge in [0.05, 0.1) is 5.69 Å². The summed E-state index contributed by atoms with van der Waals surface area (Å²) in [6, 6.07) is 23.0. The second-order valence-corrected chi connectivity index (χ2v) is 9.40. The van der Waals surface area contributed by atoms with Crippen LogP contribution in [-0.2, 0) is 5.41 Å². The van der Waals surface area contributed by atoms with E-state index in [0.29, 0.717) is 0 Å². The highest BCUT2D eigenvalue weighted by Crippen LogP contribution is 2.47. The largest absolute Gasteiger partial charge is 0.358 e. The lowest BCUT2D eigenvalue weighted by Crippen LogP contribution is -2.17. The minimum absolute atomic E-state index is 0.101. The monoisotopic (exact) mass is 438 g/mol. The number of fused-ring (bicyclic) bond motifs is 3. The van der Waals surface area contributed by atoms with E-state index >= 15 is 0 Å². The number of rotatable bonds is 3. The molecule has 2 nitrogen and oxygen atoms in total. The molecular formula is C29H27ClN2. The highest BCUT2D eigenvalue weighted by molar-refractivity contribution is 6.33. The Hall–Kier alpha value is -3.10. The Morgan fingerprint density at radius 2 is 1.69 bits per heavy atom. The van der Waals surface area contributed by atoms with Crippen LogP contribution < -0.4 is 5.32 Å². The average Bonchev–Trinajstić information content (AvgIpc) is 3.08. The van der Waals surface area contributed by atoms with Gasteiger partial charge in [-0.25, -0.2) is 0 Å². The zero-order chi connectivity index (χ0) is 22.1. The van der Waals surface area contributed by atoms with Crippen molar-refractivity contribution in [3.63, 3.8) is 0 Å². The third kappa shape index (κ3) is 3.80. The molecule has 5 rings (SSSR count). The topological polar surface area (TPSA) is 24.4 Å². The Balaban J connectivity index is 1.46. The van der Waals surface area contributed by atoms with Gasteiger partial charge in [-0.3, -0.25) is 4.99 Å². The normalized spacial score (nSPS) is 20.3. The fourth-order valence-corrected chi connectivity index (χ4v) is 5.06. The van der Waals surface area contributed by atoms with Gasteiger partial charge in [0.1, 0.15) is 0 Å². The summed E-state index contributed by atoms with van der Waals surface area (Å²) in [5.41, 5.74) is 6.89. The van der Waals surface area contributed by atoms with Gasteiger partial charge in [-0.15, -0.1) is 0 Å². The maximum absolute atomic E-state index is 6.81. The van der Waals surface area contributed by atoms with Crippen molar-refractivity contribution < 1.29 is 0 Å². The minimum Gasteiger partial charge on any atom is -0.358 e. The van der Waals surface area contributed by atoms with E-state index in [1.54, 1.807) is 0 Å². The van der Waals surface area contributed by atoms with Gasteiger partial charge < -0.3 is 5.32 Å². The van der Waals surface area contributed by atoms with Crippen LogP contribution >= 0.6 is 11.6 Å². The standard InChI is InChI=1S/C29H27ClN2/c1-29(2)26(32-25-17-15-20-9-6-7-14-24(20)27(25)29)18-16-21-10-8-11-22(28(21)30)19-31-23-12-4-3-5-13-23/h3-7,9,12-19,32H,8,10-11H2,1-2H3. The van der Waals surface area contributed by atoms with E-state index < -0.39 is 0 Å². The van der Waals surface area contributed by atoms with Crippen LogP contribution in [0.4, 0.5) is 11.4 Å². The molecule has 0 bridgehead atoms. The summed E-state index contributed by atoms with van der Waals surface area (Å²) in [4.78, 5) is 4.61. The Kier molecular flexibility index (Phi) is 5.48. The molecule has 3 aromatic carbocycles. The van der Waals surface area contributed by atoms with Crippen molar-refractivity contribution in [1.82, 2.24) is 0 Å². The summed E-state index contributed by atoms with van der Waals surface area (Å²) < 4.78 is 0. The molecule has 0 saturated heterocycles. The molecule has 1 aliphatic carbocycles. The summed E-state index contributed by atoms with van der Waals surface area (Å²) in [5.74, 6) is 0. The molecule has 0 amide bonds. The van der Waals surface area contributed by atoms with Gasteiger partial charge in [0.15, 0.2) is 0 Å². The van der Waals surface area contributed by atoms with Crippen LogP contribution in [0.1, 0.15) is 38.7 Å². The van der Waals surface area contributed by atoms with Gasteiger partial charge in [-0.2, -0.15) is 0 Å². The highest BCUT2D eigenvalue weighted by atomic mass is 35.5. The number of allylic oxidation sites excluding steroid dienone is 6.